The zero-order valence-electron chi connectivity index (χ0n) is 30.8. The first kappa shape index (κ1) is 34.8. The van der Waals surface area contributed by atoms with E-state index < -0.39 is 0 Å². The van der Waals surface area contributed by atoms with Crippen LogP contribution in [0.5, 0.6) is 0 Å². The molecular weight excluding hydrogens is 828 g/mol. The topological polar surface area (TPSA) is 44.8 Å². The summed E-state index contributed by atoms with van der Waals surface area (Å²) in [6.45, 7) is 13.6. The molecule has 0 saturated carbocycles. The van der Waals surface area contributed by atoms with Gasteiger partial charge in [0.2, 0.25) is 0 Å². The van der Waals surface area contributed by atoms with Crippen molar-refractivity contribution in [2.45, 2.75) is 52.4 Å². The Morgan fingerprint density at radius 2 is 1.30 bits per heavy atom. The first-order valence-electron chi connectivity index (χ1n) is 18.0. The Morgan fingerprint density at radius 1 is 0.585 bits per heavy atom. The maximum Gasteiger partial charge on any atom is 2.00 e. The minimum Gasteiger partial charge on any atom is -0.663 e. The van der Waals surface area contributed by atoms with E-state index in [9.17, 15) is 0 Å². The molecule has 0 radical (unpaired) electrons. The average molecular weight is 868 g/mol. The maximum absolute atomic E-state index is 5.37. The third kappa shape index (κ3) is 6.09. The summed E-state index contributed by atoms with van der Waals surface area (Å²) in [5, 5.41) is 4.65. The van der Waals surface area contributed by atoms with Crippen LogP contribution in [-0.4, -0.2) is 14.5 Å². The number of fused-ring (bicyclic) bond motifs is 6. The van der Waals surface area contributed by atoms with E-state index >= 15 is 0 Å². The summed E-state index contributed by atoms with van der Waals surface area (Å²) in [5.41, 5.74) is 12.6. The smallest absolute Gasteiger partial charge is 0.663 e. The number of pyridine rings is 2. The van der Waals surface area contributed by atoms with Crippen LogP contribution in [0.1, 0.15) is 52.7 Å². The van der Waals surface area contributed by atoms with E-state index in [1.54, 1.807) is 0 Å². The summed E-state index contributed by atoms with van der Waals surface area (Å²) in [7, 11) is 0. The molecule has 5 heteroatoms. The molecule has 0 aliphatic heterocycles. The van der Waals surface area contributed by atoms with Gasteiger partial charge in [-0.05, 0) is 68.1 Å². The molecule has 262 valence electrons. The van der Waals surface area contributed by atoms with Gasteiger partial charge in [-0.2, -0.15) is 5.52 Å². The van der Waals surface area contributed by atoms with E-state index in [4.69, 9.17) is 15.0 Å². The van der Waals surface area contributed by atoms with E-state index in [2.05, 4.69) is 174 Å². The third-order valence-electron chi connectivity index (χ3n) is 10.3. The molecule has 0 atom stereocenters. The molecule has 0 aliphatic rings. The maximum atomic E-state index is 5.37. The quantitative estimate of drug-likeness (QED) is 0.166. The summed E-state index contributed by atoms with van der Waals surface area (Å²) in [6, 6.07) is 49.1. The van der Waals surface area contributed by atoms with Crippen LogP contribution in [0.25, 0.3) is 83.1 Å². The van der Waals surface area contributed by atoms with Crippen LogP contribution in [0.4, 0.5) is 0 Å². The van der Waals surface area contributed by atoms with Gasteiger partial charge in [-0.15, -0.1) is 35.3 Å². The Morgan fingerprint density at radius 3 is 2.09 bits per heavy atom. The molecule has 0 amide bonds. The molecule has 4 aromatic heterocycles. The van der Waals surface area contributed by atoms with Crippen LogP contribution in [0.3, 0.4) is 0 Å². The zero-order valence-corrected chi connectivity index (χ0v) is 33.1. The summed E-state index contributed by atoms with van der Waals surface area (Å²) in [4.78, 5) is 15.5. The van der Waals surface area contributed by atoms with Gasteiger partial charge in [-0.25, -0.2) is 4.98 Å². The number of para-hydroxylation sites is 1. The van der Waals surface area contributed by atoms with E-state index in [0.717, 1.165) is 72.3 Å². The Kier molecular flexibility index (Phi) is 8.50. The molecule has 0 unspecified atom stereocenters. The number of benzene rings is 5. The van der Waals surface area contributed by atoms with E-state index in [-0.39, 0.29) is 31.9 Å². The molecule has 0 aliphatic carbocycles. The molecule has 0 bridgehead atoms. The van der Waals surface area contributed by atoms with Gasteiger partial charge in [0.25, 0.3) is 0 Å². The van der Waals surface area contributed by atoms with Gasteiger partial charge in [0.15, 0.2) is 0 Å². The minimum atomic E-state index is -0.0530. The largest absolute Gasteiger partial charge is 2.00 e. The fourth-order valence-corrected chi connectivity index (χ4v) is 7.40. The number of hydrogen-bond acceptors (Lipinski definition) is 2. The second-order valence-electron chi connectivity index (χ2n) is 15.9. The Balaban J connectivity index is 0.00000400. The number of hydrogen-bond donors (Lipinski definition) is 0. The SMILES string of the molecule is CC(C)(C)c1ccc2[n-]c3c(-c4[c-]c(-c5cc(-c6ccccc6)cc(-n6c7ccccc7c7cccnc76)n5)ccc4)cc(C(C)(C)C)cc3c2c1.[Pt+2]. The van der Waals surface area contributed by atoms with Crippen molar-refractivity contribution in [2.24, 2.45) is 0 Å². The monoisotopic (exact) mass is 867 g/mol. The molecule has 0 N–H and O–H groups in total. The molecule has 0 saturated heterocycles. The van der Waals surface area contributed by atoms with Crippen molar-refractivity contribution in [1.29, 1.82) is 0 Å². The van der Waals surface area contributed by atoms with Gasteiger partial charge in [0.1, 0.15) is 11.5 Å². The first-order valence-corrected chi connectivity index (χ1v) is 18.0. The summed E-state index contributed by atoms with van der Waals surface area (Å²) < 4.78 is 2.19. The zero-order chi connectivity index (χ0) is 35.8. The number of nitrogens with zero attached hydrogens (tertiary/aromatic N) is 4. The number of rotatable bonds is 4. The van der Waals surface area contributed by atoms with Crippen molar-refractivity contribution in [3.8, 4) is 39.3 Å². The van der Waals surface area contributed by atoms with Crippen molar-refractivity contribution in [3.05, 3.63) is 151 Å². The molecule has 53 heavy (non-hydrogen) atoms. The van der Waals surface area contributed by atoms with Gasteiger partial charge in [-0.1, -0.05) is 138 Å². The van der Waals surface area contributed by atoms with Crippen molar-refractivity contribution >= 4 is 43.7 Å². The van der Waals surface area contributed by atoms with Crippen LogP contribution >= 0.6 is 0 Å². The number of aromatic nitrogens is 4. The Hall–Kier alpha value is -5.31. The third-order valence-corrected chi connectivity index (χ3v) is 10.3. The molecule has 0 fully saturated rings. The predicted molar refractivity (Wildman–Crippen MR) is 217 cm³/mol. The van der Waals surface area contributed by atoms with Crippen molar-refractivity contribution < 1.29 is 21.1 Å². The average Bonchev–Trinajstić information content (AvgIpc) is 3.69. The predicted octanol–water partition coefficient (Wildman–Crippen LogP) is 12.2. The van der Waals surface area contributed by atoms with Crippen LogP contribution in [-0.2, 0) is 31.9 Å². The van der Waals surface area contributed by atoms with Crippen LogP contribution in [0.2, 0.25) is 0 Å². The molecule has 4 nitrogen and oxygen atoms in total. The minimum absolute atomic E-state index is 0. The summed E-state index contributed by atoms with van der Waals surface area (Å²) in [6.07, 6.45) is 1.86. The van der Waals surface area contributed by atoms with Crippen molar-refractivity contribution in [1.82, 2.24) is 19.5 Å². The first-order chi connectivity index (χ1) is 25.0. The van der Waals surface area contributed by atoms with Gasteiger partial charge in [-0.3, -0.25) is 9.55 Å². The van der Waals surface area contributed by atoms with Gasteiger partial charge in [0.05, 0.1) is 5.52 Å². The summed E-state index contributed by atoms with van der Waals surface area (Å²) in [5.74, 6) is 0.816. The van der Waals surface area contributed by atoms with Crippen LogP contribution < -0.4 is 4.98 Å². The van der Waals surface area contributed by atoms with Gasteiger partial charge in [0, 0.05) is 22.7 Å². The van der Waals surface area contributed by atoms with E-state index in [0.29, 0.717) is 0 Å². The van der Waals surface area contributed by atoms with E-state index in [1.807, 2.05) is 12.3 Å². The molecule has 9 rings (SSSR count). The fraction of sp³-hybridized carbons (Fsp3) is 0.167. The van der Waals surface area contributed by atoms with Gasteiger partial charge < -0.3 is 4.98 Å². The van der Waals surface area contributed by atoms with E-state index in [1.165, 1.54) is 21.9 Å². The van der Waals surface area contributed by atoms with Crippen molar-refractivity contribution in [3.63, 3.8) is 0 Å². The summed E-state index contributed by atoms with van der Waals surface area (Å²) >= 11 is 0. The van der Waals surface area contributed by atoms with Crippen LogP contribution in [0.15, 0.2) is 134 Å². The molecular formula is C48H40N4Pt. The Bertz CT molecular complexity index is 2760. The second-order valence-corrected chi connectivity index (χ2v) is 15.9. The fourth-order valence-electron chi connectivity index (χ4n) is 7.40. The molecule has 5 aromatic carbocycles. The molecule has 4 heterocycles. The molecule has 9 aromatic rings. The second kappa shape index (κ2) is 13.0. The van der Waals surface area contributed by atoms with Gasteiger partial charge >= 0.3 is 21.1 Å². The standard InChI is InChI=1S/C48H40N4.Pt/c1-47(2,3)34-21-22-41-39(27-34)40-29-35(48(4,5)6)28-38(45(40)51-41)31-16-12-17-32(24-31)42-25-33(30-14-8-7-9-15-30)26-44(50-42)52-43-20-11-10-18-36(43)37-19-13-23-49-46(37)52;/h7-23,25-29H,1-6H3;/q-2;+2. The molecule has 0 spiro atoms. The van der Waals surface area contributed by atoms with Crippen LogP contribution in [0, 0.1) is 6.07 Å². The normalized spacial score (nSPS) is 12.2. The Labute approximate surface area is 325 Å². The van der Waals surface area contributed by atoms with Crippen molar-refractivity contribution in [2.75, 3.05) is 0 Å².